The fourth-order valence-corrected chi connectivity index (χ4v) is 1.80. The van der Waals surface area contributed by atoms with Crippen LogP contribution in [0.4, 0.5) is 18.9 Å². The van der Waals surface area contributed by atoms with Crippen molar-refractivity contribution in [3.8, 4) is 0 Å². The second-order valence-electron chi connectivity index (χ2n) is 4.81. The summed E-state index contributed by atoms with van der Waals surface area (Å²) in [7, 11) is 0. The third-order valence-corrected chi connectivity index (χ3v) is 3.48. The molecule has 0 aliphatic rings. The second-order valence-corrected chi connectivity index (χ2v) is 4.81. The van der Waals surface area contributed by atoms with Crippen molar-refractivity contribution in [1.29, 1.82) is 0 Å². The van der Waals surface area contributed by atoms with E-state index in [1.807, 2.05) is 13.8 Å². The van der Waals surface area contributed by atoms with Crippen molar-refractivity contribution in [3.63, 3.8) is 0 Å². The summed E-state index contributed by atoms with van der Waals surface area (Å²) < 4.78 is 38.3. The number of aliphatic hydroxyl groups is 1. The molecular weight excluding hydrogens is 255 g/mol. The summed E-state index contributed by atoms with van der Waals surface area (Å²) in [6.07, 6.45) is -3.25. The second kappa shape index (κ2) is 5.82. The van der Waals surface area contributed by atoms with E-state index in [-0.39, 0.29) is 12.1 Å². The van der Waals surface area contributed by atoms with Gasteiger partial charge in [0, 0.05) is 12.2 Å². The molecule has 0 bridgehead atoms. The Hall–Kier alpha value is -1.23. The average molecular weight is 275 g/mol. The van der Waals surface area contributed by atoms with Gasteiger partial charge < -0.3 is 10.4 Å². The van der Waals surface area contributed by atoms with E-state index in [9.17, 15) is 18.3 Å². The summed E-state index contributed by atoms with van der Waals surface area (Å²) in [6, 6.07) is 4.11. The first-order chi connectivity index (χ1) is 8.72. The highest BCUT2D eigenvalue weighted by molar-refractivity contribution is 5.49. The minimum atomic E-state index is -4.35. The first-order valence-corrected chi connectivity index (χ1v) is 6.36. The number of hydrogen-bond acceptors (Lipinski definition) is 2. The lowest BCUT2D eigenvalue weighted by Gasteiger charge is -2.26. The Balaban J connectivity index is 2.87. The predicted molar refractivity (Wildman–Crippen MR) is 70.2 cm³/mol. The van der Waals surface area contributed by atoms with E-state index >= 15 is 0 Å². The lowest BCUT2D eigenvalue weighted by atomic mass is 9.97. The molecular formula is C14H20F3NO. The summed E-state index contributed by atoms with van der Waals surface area (Å²) in [6.45, 7) is 5.37. The smallest absolute Gasteiger partial charge is 0.388 e. The number of halogens is 3. The van der Waals surface area contributed by atoms with Crippen molar-refractivity contribution >= 4 is 5.69 Å². The minimum absolute atomic E-state index is 0.194. The molecule has 0 saturated carbocycles. The Morgan fingerprint density at radius 3 is 2.21 bits per heavy atom. The van der Waals surface area contributed by atoms with Crippen molar-refractivity contribution in [3.05, 3.63) is 29.3 Å². The number of benzene rings is 1. The third kappa shape index (κ3) is 4.13. The van der Waals surface area contributed by atoms with Gasteiger partial charge in [-0.3, -0.25) is 0 Å². The van der Waals surface area contributed by atoms with Crippen LogP contribution in [-0.4, -0.2) is 17.3 Å². The van der Waals surface area contributed by atoms with Crippen molar-refractivity contribution in [2.45, 2.75) is 45.4 Å². The van der Waals surface area contributed by atoms with Crippen molar-refractivity contribution in [2.24, 2.45) is 0 Å². The van der Waals surface area contributed by atoms with Crippen LogP contribution in [0.1, 0.15) is 37.8 Å². The standard InChI is InChI=1S/C14H20F3NO/c1-4-13(19,5-2)9-18-11-7-6-10(3)12(8-11)14(15,16)17/h6-8,18-19H,4-5,9H2,1-3H3. The van der Waals surface area contributed by atoms with Gasteiger partial charge >= 0.3 is 6.18 Å². The van der Waals surface area contributed by atoms with Gasteiger partial charge in [0.25, 0.3) is 0 Å². The van der Waals surface area contributed by atoms with E-state index in [4.69, 9.17) is 0 Å². The zero-order chi connectivity index (χ0) is 14.7. The van der Waals surface area contributed by atoms with Crippen LogP contribution in [0.2, 0.25) is 0 Å². The topological polar surface area (TPSA) is 32.3 Å². The SMILES string of the molecule is CCC(O)(CC)CNc1ccc(C)c(C(F)(F)F)c1. The summed E-state index contributed by atoms with van der Waals surface area (Å²) in [4.78, 5) is 0. The van der Waals surface area contributed by atoms with E-state index in [1.165, 1.54) is 13.0 Å². The van der Waals surface area contributed by atoms with Crippen molar-refractivity contribution in [2.75, 3.05) is 11.9 Å². The van der Waals surface area contributed by atoms with Crippen LogP contribution >= 0.6 is 0 Å². The Kier molecular flexibility index (Phi) is 4.85. The maximum Gasteiger partial charge on any atom is 0.416 e. The van der Waals surface area contributed by atoms with Gasteiger partial charge in [0.1, 0.15) is 0 Å². The van der Waals surface area contributed by atoms with Crippen LogP contribution in [0.5, 0.6) is 0 Å². The van der Waals surface area contributed by atoms with E-state index in [0.29, 0.717) is 18.5 Å². The van der Waals surface area contributed by atoms with Crippen LogP contribution in [0.3, 0.4) is 0 Å². The Morgan fingerprint density at radius 2 is 1.74 bits per heavy atom. The van der Waals surface area contributed by atoms with Crippen molar-refractivity contribution < 1.29 is 18.3 Å². The van der Waals surface area contributed by atoms with E-state index in [0.717, 1.165) is 6.07 Å². The van der Waals surface area contributed by atoms with Crippen LogP contribution in [0, 0.1) is 6.92 Å². The largest absolute Gasteiger partial charge is 0.416 e. The molecule has 0 spiro atoms. The molecule has 2 N–H and O–H groups in total. The molecule has 0 heterocycles. The maximum absolute atomic E-state index is 12.8. The molecule has 0 radical (unpaired) electrons. The number of rotatable bonds is 5. The molecule has 108 valence electrons. The Bertz CT molecular complexity index is 425. The third-order valence-electron chi connectivity index (χ3n) is 3.48. The molecule has 1 rings (SSSR count). The molecule has 5 heteroatoms. The van der Waals surface area contributed by atoms with Gasteiger partial charge in [-0.2, -0.15) is 13.2 Å². The lowest BCUT2D eigenvalue weighted by molar-refractivity contribution is -0.138. The zero-order valence-electron chi connectivity index (χ0n) is 11.4. The van der Waals surface area contributed by atoms with Crippen LogP contribution in [0.25, 0.3) is 0 Å². The molecule has 0 atom stereocenters. The van der Waals surface area contributed by atoms with Gasteiger partial charge in [-0.25, -0.2) is 0 Å². The number of anilines is 1. The number of hydrogen-bond donors (Lipinski definition) is 2. The molecule has 0 saturated heterocycles. The summed E-state index contributed by atoms with van der Waals surface area (Å²) in [5, 5.41) is 13.0. The lowest BCUT2D eigenvalue weighted by Crippen LogP contribution is -2.35. The highest BCUT2D eigenvalue weighted by Gasteiger charge is 2.32. The van der Waals surface area contributed by atoms with Gasteiger partial charge in [-0.1, -0.05) is 19.9 Å². The highest BCUT2D eigenvalue weighted by atomic mass is 19.4. The van der Waals surface area contributed by atoms with Crippen molar-refractivity contribution in [1.82, 2.24) is 0 Å². The molecule has 0 aliphatic carbocycles. The molecule has 0 amide bonds. The van der Waals surface area contributed by atoms with E-state index in [2.05, 4.69) is 5.32 Å². The molecule has 0 aromatic heterocycles. The fourth-order valence-electron chi connectivity index (χ4n) is 1.80. The molecule has 1 aromatic carbocycles. The minimum Gasteiger partial charge on any atom is -0.388 e. The Morgan fingerprint density at radius 1 is 1.16 bits per heavy atom. The first-order valence-electron chi connectivity index (χ1n) is 6.36. The molecule has 0 unspecified atom stereocenters. The van der Waals surface area contributed by atoms with Gasteiger partial charge in [-0.15, -0.1) is 0 Å². The van der Waals surface area contributed by atoms with E-state index < -0.39 is 17.3 Å². The molecule has 2 nitrogen and oxygen atoms in total. The predicted octanol–water partition coefficient (Wildman–Crippen LogP) is 3.98. The van der Waals surface area contributed by atoms with Crippen LogP contribution in [-0.2, 0) is 6.18 Å². The quantitative estimate of drug-likeness (QED) is 0.852. The summed E-state index contributed by atoms with van der Waals surface area (Å²) in [5.74, 6) is 0. The average Bonchev–Trinajstić information content (AvgIpc) is 2.36. The first kappa shape index (κ1) is 15.8. The maximum atomic E-state index is 12.8. The zero-order valence-corrected chi connectivity index (χ0v) is 11.4. The monoisotopic (exact) mass is 275 g/mol. The Labute approximate surface area is 111 Å². The summed E-state index contributed by atoms with van der Waals surface area (Å²) in [5.41, 5.74) is -0.963. The van der Waals surface area contributed by atoms with Gasteiger partial charge in [-0.05, 0) is 37.5 Å². The van der Waals surface area contributed by atoms with Gasteiger partial charge in [0.15, 0.2) is 0 Å². The normalized spacial score (nSPS) is 12.6. The highest BCUT2D eigenvalue weighted by Crippen LogP contribution is 2.33. The van der Waals surface area contributed by atoms with Gasteiger partial charge in [0.05, 0.1) is 11.2 Å². The van der Waals surface area contributed by atoms with Gasteiger partial charge in [0.2, 0.25) is 0 Å². The fraction of sp³-hybridized carbons (Fsp3) is 0.571. The number of nitrogens with one attached hydrogen (secondary N) is 1. The molecule has 0 aliphatic heterocycles. The molecule has 19 heavy (non-hydrogen) atoms. The van der Waals surface area contributed by atoms with E-state index in [1.54, 1.807) is 6.07 Å². The van der Waals surface area contributed by atoms with Crippen LogP contribution in [0.15, 0.2) is 18.2 Å². The molecule has 1 aromatic rings. The van der Waals surface area contributed by atoms with Crippen LogP contribution < -0.4 is 5.32 Å². The molecule has 0 fully saturated rings. The number of alkyl halides is 3. The number of aryl methyl sites for hydroxylation is 1. The summed E-state index contributed by atoms with van der Waals surface area (Å²) >= 11 is 0.